The van der Waals surface area contributed by atoms with Crippen molar-refractivity contribution in [2.75, 3.05) is 33.4 Å². The highest BCUT2D eigenvalue weighted by Gasteiger charge is 2.41. The van der Waals surface area contributed by atoms with Crippen molar-refractivity contribution < 1.29 is 24.5 Å². The fraction of sp³-hybridized carbons (Fsp3) is 0.704. The van der Waals surface area contributed by atoms with Gasteiger partial charge in [-0.3, -0.25) is 9.69 Å². The second-order valence-electron chi connectivity index (χ2n) is 10.4. The number of aliphatic hydroxyl groups excluding tert-OH is 2. The van der Waals surface area contributed by atoms with Gasteiger partial charge in [-0.25, -0.2) is 4.79 Å². The lowest BCUT2D eigenvalue weighted by atomic mass is 9.84. The molecule has 1 aliphatic carbocycles. The van der Waals surface area contributed by atoms with Gasteiger partial charge in [0.1, 0.15) is 0 Å². The van der Waals surface area contributed by atoms with Gasteiger partial charge in [-0.15, -0.1) is 0 Å². The van der Waals surface area contributed by atoms with Gasteiger partial charge in [0.25, 0.3) is 5.91 Å². The van der Waals surface area contributed by atoms with E-state index in [1.165, 1.54) is 31.9 Å². The van der Waals surface area contributed by atoms with Gasteiger partial charge in [-0.2, -0.15) is 0 Å². The highest BCUT2D eigenvalue weighted by molar-refractivity contribution is 5.89. The number of hydrogen-bond acceptors (Lipinski definition) is 6. The van der Waals surface area contributed by atoms with Crippen molar-refractivity contribution in [3.63, 3.8) is 0 Å². The Bertz CT molecular complexity index is 826. The molecule has 2 N–H and O–H groups in total. The molecule has 2 heterocycles. The molecule has 0 aromatic heterocycles. The van der Waals surface area contributed by atoms with Crippen molar-refractivity contribution >= 4 is 11.9 Å². The Balaban J connectivity index is 1.38. The molecule has 3 fully saturated rings. The number of aliphatic hydroxyl groups is 2. The minimum Gasteiger partial charge on any atom is -0.465 e. The topological polar surface area (TPSA) is 90.3 Å². The Kier molecular flexibility index (Phi) is 8.61. The average molecular weight is 473 g/mol. The van der Waals surface area contributed by atoms with E-state index in [1.54, 1.807) is 6.07 Å². The van der Waals surface area contributed by atoms with E-state index in [9.17, 15) is 19.8 Å². The summed E-state index contributed by atoms with van der Waals surface area (Å²) in [4.78, 5) is 29.1. The molecular weight excluding hydrogens is 432 g/mol. The summed E-state index contributed by atoms with van der Waals surface area (Å²) in [5, 5.41) is 19.4. The van der Waals surface area contributed by atoms with Crippen LogP contribution in [0.2, 0.25) is 0 Å². The van der Waals surface area contributed by atoms with E-state index in [1.807, 2.05) is 17.0 Å². The standard InChI is InChI=1S/C27H40N2O5/c1-34-27(33)21-9-5-8-20(14-21)22-15-23-10-11-24(16-22)29(23)13-12-28(26(32)25(31)18-30)17-19-6-3-2-4-7-19/h5,8-9,14,19,22-25,30-31H,2-4,6-7,10-13,15-18H2,1H3/t22-,23+,24-,25-/m0/s1. The molecule has 7 nitrogen and oxygen atoms in total. The van der Waals surface area contributed by atoms with Crippen LogP contribution >= 0.6 is 0 Å². The maximum atomic E-state index is 12.8. The summed E-state index contributed by atoms with van der Waals surface area (Å²) in [6.07, 6.45) is 9.07. The smallest absolute Gasteiger partial charge is 0.337 e. The van der Waals surface area contributed by atoms with Crippen LogP contribution in [-0.2, 0) is 9.53 Å². The molecule has 0 spiro atoms. The predicted molar refractivity (Wildman–Crippen MR) is 130 cm³/mol. The molecule has 4 atom stereocenters. The molecule has 1 aromatic rings. The van der Waals surface area contributed by atoms with Gasteiger partial charge >= 0.3 is 5.97 Å². The summed E-state index contributed by atoms with van der Waals surface area (Å²) < 4.78 is 4.89. The van der Waals surface area contributed by atoms with Crippen molar-refractivity contribution in [1.82, 2.24) is 9.80 Å². The molecule has 2 aliphatic heterocycles. The van der Waals surface area contributed by atoms with E-state index in [0.29, 0.717) is 42.6 Å². The molecule has 1 aromatic carbocycles. The Morgan fingerprint density at radius 1 is 1.12 bits per heavy atom. The summed E-state index contributed by atoms with van der Waals surface area (Å²) >= 11 is 0. The van der Waals surface area contributed by atoms with Crippen LogP contribution in [0.3, 0.4) is 0 Å². The quantitative estimate of drug-likeness (QED) is 0.537. The van der Waals surface area contributed by atoms with Gasteiger partial charge < -0.3 is 19.8 Å². The summed E-state index contributed by atoms with van der Waals surface area (Å²) in [5.74, 6) is 0.285. The van der Waals surface area contributed by atoms with Crippen LogP contribution < -0.4 is 0 Å². The lowest BCUT2D eigenvalue weighted by Crippen LogP contribution is -2.50. The van der Waals surface area contributed by atoms with Crippen LogP contribution in [0.15, 0.2) is 24.3 Å². The number of ether oxygens (including phenoxy) is 1. The van der Waals surface area contributed by atoms with Crippen LogP contribution in [0, 0.1) is 5.92 Å². The molecule has 2 saturated heterocycles. The largest absolute Gasteiger partial charge is 0.465 e. The Labute approximate surface area is 203 Å². The van der Waals surface area contributed by atoms with Gasteiger partial charge in [0, 0.05) is 31.7 Å². The third-order valence-electron chi connectivity index (χ3n) is 8.26. The monoisotopic (exact) mass is 472 g/mol. The van der Waals surface area contributed by atoms with Crippen molar-refractivity contribution in [3.05, 3.63) is 35.4 Å². The van der Waals surface area contributed by atoms with E-state index in [2.05, 4.69) is 11.0 Å². The summed E-state index contributed by atoms with van der Waals surface area (Å²) in [6, 6.07) is 8.79. The predicted octanol–water partition coefficient (Wildman–Crippen LogP) is 2.95. The van der Waals surface area contributed by atoms with E-state index in [4.69, 9.17) is 4.74 Å². The highest BCUT2D eigenvalue weighted by Crippen LogP contribution is 2.43. The zero-order chi connectivity index (χ0) is 24.1. The number of piperidine rings is 1. The van der Waals surface area contributed by atoms with Crippen molar-refractivity contribution in [1.29, 1.82) is 0 Å². The SMILES string of the molecule is COC(=O)c1cccc([C@H]2C[C@H]3CC[C@@H](C2)N3CCN(CC2CCCCC2)C(=O)[C@@H](O)CO)c1. The average Bonchev–Trinajstić information content (AvgIpc) is 3.11. The first kappa shape index (κ1) is 25.1. The number of methoxy groups -OCH3 is 1. The lowest BCUT2D eigenvalue weighted by Gasteiger charge is -2.40. The van der Waals surface area contributed by atoms with Gasteiger partial charge in [-0.05, 0) is 68.1 Å². The van der Waals surface area contributed by atoms with Crippen LogP contribution in [0.25, 0.3) is 0 Å². The van der Waals surface area contributed by atoms with E-state index in [0.717, 1.165) is 45.1 Å². The third-order valence-corrected chi connectivity index (χ3v) is 8.26. The van der Waals surface area contributed by atoms with E-state index >= 15 is 0 Å². The highest BCUT2D eigenvalue weighted by atomic mass is 16.5. The number of amides is 1. The van der Waals surface area contributed by atoms with Crippen LogP contribution in [0.1, 0.15) is 79.6 Å². The van der Waals surface area contributed by atoms with Gasteiger partial charge in [0.15, 0.2) is 6.10 Å². The Hall–Kier alpha value is -1.96. The number of nitrogens with zero attached hydrogens (tertiary/aromatic N) is 2. The van der Waals surface area contributed by atoms with E-state index < -0.39 is 12.7 Å². The van der Waals surface area contributed by atoms with Crippen LogP contribution in [-0.4, -0.2) is 83.4 Å². The molecule has 7 heteroatoms. The molecule has 1 amide bonds. The fourth-order valence-corrected chi connectivity index (χ4v) is 6.45. The van der Waals surface area contributed by atoms with Crippen LogP contribution in [0.5, 0.6) is 0 Å². The number of benzene rings is 1. The molecular formula is C27H40N2O5. The third kappa shape index (κ3) is 5.81. The molecule has 2 bridgehead atoms. The normalized spacial score (nSPS) is 26.3. The maximum absolute atomic E-state index is 12.8. The van der Waals surface area contributed by atoms with E-state index in [-0.39, 0.29) is 11.9 Å². The molecule has 0 unspecified atom stereocenters. The number of hydrogen-bond donors (Lipinski definition) is 2. The molecule has 1 saturated carbocycles. The fourth-order valence-electron chi connectivity index (χ4n) is 6.45. The number of carbonyl (C=O) groups excluding carboxylic acids is 2. The first-order chi connectivity index (χ1) is 16.5. The van der Waals surface area contributed by atoms with Crippen molar-refractivity contribution in [2.24, 2.45) is 5.92 Å². The minimum atomic E-state index is -1.33. The van der Waals surface area contributed by atoms with Gasteiger partial charge in [0.05, 0.1) is 19.3 Å². The summed E-state index contributed by atoms with van der Waals surface area (Å²) in [5.41, 5.74) is 1.81. The zero-order valence-electron chi connectivity index (χ0n) is 20.4. The maximum Gasteiger partial charge on any atom is 0.337 e. The second-order valence-corrected chi connectivity index (χ2v) is 10.4. The molecule has 34 heavy (non-hydrogen) atoms. The molecule has 0 radical (unpaired) electrons. The summed E-state index contributed by atoms with van der Waals surface area (Å²) in [6.45, 7) is 1.56. The van der Waals surface area contributed by atoms with Gasteiger partial charge in [0.2, 0.25) is 0 Å². The number of carbonyl (C=O) groups is 2. The first-order valence-corrected chi connectivity index (χ1v) is 13.0. The van der Waals surface area contributed by atoms with Crippen molar-refractivity contribution in [2.45, 2.75) is 81.9 Å². The molecule has 4 rings (SSSR count). The number of rotatable bonds is 9. The molecule has 3 aliphatic rings. The number of fused-ring (bicyclic) bond motifs is 2. The Morgan fingerprint density at radius 3 is 2.47 bits per heavy atom. The van der Waals surface area contributed by atoms with Crippen molar-refractivity contribution in [3.8, 4) is 0 Å². The lowest BCUT2D eigenvalue weighted by molar-refractivity contribution is -0.143. The van der Waals surface area contributed by atoms with Crippen LogP contribution in [0.4, 0.5) is 0 Å². The molecule has 188 valence electrons. The zero-order valence-corrected chi connectivity index (χ0v) is 20.4. The number of esters is 1. The first-order valence-electron chi connectivity index (χ1n) is 13.0. The second kappa shape index (κ2) is 11.6. The summed E-state index contributed by atoms with van der Waals surface area (Å²) in [7, 11) is 1.41. The minimum absolute atomic E-state index is 0.296. The Morgan fingerprint density at radius 2 is 1.82 bits per heavy atom. The van der Waals surface area contributed by atoms with Gasteiger partial charge in [-0.1, -0.05) is 31.4 Å².